The Balaban J connectivity index is 1.94. The highest BCUT2D eigenvalue weighted by atomic mass is 16.2. The Morgan fingerprint density at radius 1 is 1.00 bits per heavy atom. The molecule has 0 aliphatic heterocycles. The maximum absolute atomic E-state index is 12.3. The van der Waals surface area contributed by atoms with Crippen molar-refractivity contribution in [3.63, 3.8) is 0 Å². The SMILES string of the molecule is O=C1C(CCCCO)=Cc2cc3ccccc3cc21. The second-order valence-electron chi connectivity index (χ2n) is 4.97. The Morgan fingerprint density at radius 2 is 1.74 bits per heavy atom. The summed E-state index contributed by atoms with van der Waals surface area (Å²) < 4.78 is 0. The van der Waals surface area contributed by atoms with Gasteiger partial charge in [-0.05, 0) is 53.8 Å². The van der Waals surface area contributed by atoms with E-state index in [2.05, 4.69) is 12.1 Å². The van der Waals surface area contributed by atoms with Crippen LogP contribution in [0.25, 0.3) is 16.8 Å². The summed E-state index contributed by atoms with van der Waals surface area (Å²) in [5, 5.41) is 11.1. The molecule has 0 radical (unpaired) electrons. The molecule has 19 heavy (non-hydrogen) atoms. The minimum absolute atomic E-state index is 0.152. The van der Waals surface area contributed by atoms with Gasteiger partial charge in [-0.25, -0.2) is 0 Å². The molecule has 1 aliphatic carbocycles. The first-order valence-corrected chi connectivity index (χ1v) is 6.68. The fourth-order valence-electron chi connectivity index (χ4n) is 2.61. The summed E-state index contributed by atoms with van der Waals surface area (Å²) in [5.41, 5.74) is 2.72. The monoisotopic (exact) mass is 252 g/mol. The number of aliphatic hydroxyl groups is 1. The van der Waals surface area contributed by atoms with Gasteiger partial charge in [-0.2, -0.15) is 0 Å². The standard InChI is InChI=1S/C17H16O2/c18-8-4-3-7-14-10-15-9-12-5-1-2-6-13(12)11-16(15)17(14)19/h1-2,5-6,9-11,18H,3-4,7-8H2. The Kier molecular flexibility index (Phi) is 3.18. The number of hydrogen-bond acceptors (Lipinski definition) is 2. The van der Waals surface area contributed by atoms with Crippen LogP contribution in [0.1, 0.15) is 35.2 Å². The van der Waals surface area contributed by atoms with Crippen molar-refractivity contribution in [3.05, 3.63) is 53.1 Å². The number of unbranched alkanes of at least 4 members (excludes halogenated alkanes) is 1. The molecule has 2 aromatic carbocycles. The number of hydrogen-bond donors (Lipinski definition) is 1. The Labute approximate surface area is 112 Å². The minimum Gasteiger partial charge on any atom is -0.396 e. The van der Waals surface area contributed by atoms with Gasteiger partial charge in [-0.15, -0.1) is 0 Å². The van der Waals surface area contributed by atoms with E-state index in [1.165, 1.54) is 5.39 Å². The number of allylic oxidation sites excluding steroid dienone is 1. The van der Waals surface area contributed by atoms with Gasteiger partial charge in [0.1, 0.15) is 0 Å². The van der Waals surface area contributed by atoms with Crippen LogP contribution in [0.15, 0.2) is 42.0 Å². The van der Waals surface area contributed by atoms with Crippen LogP contribution in [-0.2, 0) is 0 Å². The van der Waals surface area contributed by atoms with Crippen LogP contribution < -0.4 is 0 Å². The molecule has 0 aromatic heterocycles. The van der Waals surface area contributed by atoms with E-state index in [9.17, 15) is 4.79 Å². The topological polar surface area (TPSA) is 37.3 Å². The summed E-state index contributed by atoms with van der Waals surface area (Å²) in [6.45, 7) is 0.193. The van der Waals surface area contributed by atoms with Gasteiger partial charge in [0, 0.05) is 17.7 Å². The van der Waals surface area contributed by atoms with Gasteiger partial charge >= 0.3 is 0 Å². The van der Waals surface area contributed by atoms with Crippen LogP contribution in [0.4, 0.5) is 0 Å². The average molecular weight is 252 g/mol. The molecule has 0 saturated heterocycles. The first-order valence-electron chi connectivity index (χ1n) is 6.68. The van der Waals surface area contributed by atoms with Crippen LogP contribution in [0.3, 0.4) is 0 Å². The lowest BCUT2D eigenvalue weighted by molar-refractivity contribution is 0.103. The first kappa shape index (κ1) is 12.1. The Hall–Kier alpha value is -1.93. The van der Waals surface area contributed by atoms with E-state index in [0.717, 1.165) is 41.3 Å². The maximum Gasteiger partial charge on any atom is 0.189 e. The molecule has 1 aliphatic rings. The number of carbonyl (C=O) groups excluding carboxylic acids is 1. The lowest BCUT2D eigenvalue weighted by Crippen LogP contribution is -1.99. The highest BCUT2D eigenvalue weighted by Crippen LogP contribution is 2.31. The van der Waals surface area contributed by atoms with Crippen LogP contribution in [0.2, 0.25) is 0 Å². The molecule has 0 unspecified atom stereocenters. The summed E-state index contributed by atoms with van der Waals surface area (Å²) >= 11 is 0. The van der Waals surface area contributed by atoms with E-state index in [4.69, 9.17) is 5.11 Å². The van der Waals surface area contributed by atoms with Gasteiger partial charge in [-0.1, -0.05) is 24.3 Å². The van der Waals surface area contributed by atoms with Crippen LogP contribution in [-0.4, -0.2) is 17.5 Å². The predicted octanol–water partition coefficient (Wildman–Crippen LogP) is 3.58. The van der Waals surface area contributed by atoms with Gasteiger partial charge in [0.15, 0.2) is 5.78 Å². The van der Waals surface area contributed by atoms with E-state index in [-0.39, 0.29) is 12.4 Å². The lowest BCUT2D eigenvalue weighted by atomic mass is 10.0. The molecular weight excluding hydrogens is 236 g/mol. The normalized spacial score (nSPS) is 13.7. The number of ketones is 1. The molecule has 0 spiro atoms. The second kappa shape index (κ2) is 4.98. The van der Waals surface area contributed by atoms with Crippen molar-refractivity contribution in [1.29, 1.82) is 0 Å². The molecule has 2 aromatic rings. The first-order chi connectivity index (χ1) is 9.29. The van der Waals surface area contributed by atoms with Crippen molar-refractivity contribution in [1.82, 2.24) is 0 Å². The smallest absolute Gasteiger partial charge is 0.189 e. The van der Waals surface area contributed by atoms with E-state index in [1.807, 2.05) is 30.3 Å². The number of aliphatic hydroxyl groups excluding tert-OH is 1. The van der Waals surface area contributed by atoms with E-state index in [1.54, 1.807) is 0 Å². The molecule has 2 nitrogen and oxygen atoms in total. The zero-order valence-corrected chi connectivity index (χ0v) is 10.7. The average Bonchev–Trinajstić information content (AvgIpc) is 2.73. The summed E-state index contributed by atoms with van der Waals surface area (Å²) in [7, 11) is 0. The molecule has 0 atom stereocenters. The van der Waals surface area contributed by atoms with E-state index >= 15 is 0 Å². The highest BCUT2D eigenvalue weighted by Gasteiger charge is 2.22. The lowest BCUT2D eigenvalue weighted by Gasteiger charge is -2.02. The van der Waals surface area contributed by atoms with Crippen molar-refractivity contribution in [2.24, 2.45) is 0 Å². The number of Topliss-reactive ketones (excluding diaryl/α,β-unsaturated/α-hetero) is 1. The number of fused-ring (bicyclic) bond motifs is 2. The number of carbonyl (C=O) groups is 1. The number of benzene rings is 2. The third-order valence-corrected chi connectivity index (χ3v) is 3.64. The summed E-state index contributed by atoms with van der Waals surface area (Å²) in [5.74, 6) is 0.152. The number of rotatable bonds is 4. The summed E-state index contributed by atoms with van der Waals surface area (Å²) in [6.07, 6.45) is 4.37. The second-order valence-corrected chi connectivity index (χ2v) is 4.97. The summed E-state index contributed by atoms with van der Waals surface area (Å²) in [6, 6.07) is 12.2. The molecule has 0 bridgehead atoms. The summed E-state index contributed by atoms with van der Waals surface area (Å²) in [4.78, 5) is 12.3. The molecule has 0 fully saturated rings. The molecule has 96 valence electrons. The van der Waals surface area contributed by atoms with Crippen molar-refractivity contribution in [2.75, 3.05) is 6.61 Å². The van der Waals surface area contributed by atoms with E-state index < -0.39 is 0 Å². The van der Waals surface area contributed by atoms with Crippen LogP contribution in [0.5, 0.6) is 0 Å². The van der Waals surface area contributed by atoms with Gasteiger partial charge < -0.3 is 5.11 Å². The largest absolute Gasteiger partial charge is 0.396 e. The van der Waals surface area contributed by atoms with Crippen LogP contribution >= 0.6 is 0 Å². The van der Waals surface area contributed by atoms with Gasteiger partial charge in [-0.3, -0.25) is 4.79 Å². The van der Waals surface area contributed by atoms with Gasteiger partial charge in [0.2, 0.25) is 0 Å². The quantitative estimate of drug-likeness (QED) is 0.844. The Morgan fingerprint density at radius 3 is 2.47 bits per heavy atom. The Bertz CT molecular complexity index is 668. The molecule has 3 rings (SSSR count). The molecule has 0 heterocycles. The molecule has 0 amide bonds. The highest BCUT2D eigenvalue weighted by molar-refractivity contribution is 6.19. The molecule has 2 heteroatoms. The molecule has 1 N–H and O–H groups in total. The maximum atomic E-state index is 12.3. The zero-order chi connectivity index (χ0) is 13.2. The fraction of sp³-hybridized carbons (Fsp3) is 0.235. The predicted molar refractivity (Wildman–Crippen MR) is 77.2 cm³/mol. The molecular formula is C17H16O2. The van der Waals surface area contributed by atoms with Crippen molar-refractivity contribution in [3.8, 4) is 0 Å². The third-order valence-electron chi connectivity index (χ3n) is 3.64. The zero-order valence-electron chi connectivity index (χ0n) is 10.7. The fourth-order valence-corrected chi connectivity index (χ4v) is 2.61. The van der Waals surface area contributed by atoms with Crippen molar-refractivity contribution < 1.29 is 9.90 Å². The van der Waals surface area contributed by atoms with Gasteiger partial charge in [0.05, 0.1) is 0 Å². The van der Waals surface area contributed by atoms with Gasteiger partial charge in [0.25, 0.3) is 0 Å². The van der Waals surface area contributed by atoms with Crippen LogP contribution in [0, 0.1) is 0 Å². The molecule has 0 saturated carbocycles. The van der Waals surface area contributed by atoms with Crippen molar-refractivity contribution in [2.45, 2.75) is 19.3 Å². The van der Waals surface area contributed by atoms with E-state index in [0.29, 0.717) is 0 Å². The van der Waals surface area contributed by atoms with Crippen molar-refractivity contribution >= 4 is 22.6 Å². The third kappa shape index (κ3) is 2.20. The minimum atomic E-state index is 0.152.